The van der Waals surface area contributed by atoms with E-state index in [4.69, 9.17) is 19.9 Å². The van der Waals surface area contributed by atoms with Gasteiger partial charge in [0.05, 0.1) is 11.0 Å². The first kappa shape index (κ1) is 30.0. The smallest absolute Gasteiger partial charge is 0.164 e. The molecule has 0 amide bonds. The van der Waals surface area contributed by atoms with E-state index in [2.05, 4.69) is 88.4 Å². The van der Waals surface area contributed by atoms with Gasteiger partial charge in [-0.15, -0.1) is 0 Å². The minimum absolute atomic E-state index is 0.633. The Balaban J connectivity index is 1.06. The maximum Gasteiger partial charge on any atom is 0.164 e. The summed E-state index contributed by atoms with van der Waals surface area (Å²) < 4.78 is 2.18. The second-order valence-electron chi connectivity index (χ2n) is 12.2. The molecule has 0 bridgehead atoms. The van der Waals surface area contributed by atoms with Crippen LogP contribution in [0.1, 0.15) is 0 Å². The van der Waals surface area contributed by atoms with Gasteiger partial charge in [0.15, 0.2) is 23.3 Å². The lowest BCUT2D eigenvalue weighted by atomic mass is 9.97. The summed E-state index contributed by atoms with van der Waals surface area (Å²) in [5.74, 6) is 2.74. The predicted octanol–water partition coefficient (Wildman–Crippen LogP) is 10.6. The van der Waals surface area contributed by atoms with Crippen molar-refractivity contribution in [3.8, 4) is 73.6 Å². The molecular formula is C45H30N6. The van der Waals surface area contributed by atoms with Crippen molar-refractivity contribution in [2.45, 2.75) is 0 Å². The van der Waals surface area contributed by atoms with E-state index in [9.17, 15) is 0 Å². The Morgan fingerprint density at radius 3 is 1.49 bits per heavy atom. The maximum atomic E-state index is 4.94. The zero-order chi connectivity index (χ0) is 34.0. The van der Waals surface area contributed by atoms with Crippen LogP contribution in [0.5, 0.6) is 0 Å². The van der Waals surface area contributed by atoms with Crippen LogP contribution in [-0.2, 0) is 0 Å². The molecular weight excluding hydrogens is 625 g/mol. The van der Waals surface area contributed by atoms with Crippen molar-refractivity contribution in [3.05, 3.63) is 182 Å². The Bertz CT molecular complexity index is 2560. The third-order valence-corrected chi connectivity index (χ3v) is 8.93. The summed E-state index contributed by atoms with van der Waals surface area (Å²) in [5, 5.41) is 0. The Labute approximate surface area is 295 Å². The number of fused-ring (bicyclic) bond motifs is 1. The van der Waals surface area contributed by atoms with Crippen LogP contribution in [-0.4, -0.2) is 29.5 Å². The number of nitrogens with zero attached hydrogens (tertiary/aromatic N) is 6. The van der Waals surface area contributed by atoms with E-state index < -0.39 is 0 Å². The summed E-state index contributed by atoms with van der Waals surface area (Å²) in [6.45, 7) is 0. The summed E-state index contributed by atoms with van der Waals surface area (Å²) in [7, 11) is 0. The molecule has 51 heavy (non-hydrogen) atoms. The number of para-hydroxylation sites is 2. The molecule has 0 aliphatic carbocycles. The van der Waals surface area contributed by atoms with Gasteiger partial charge >= 0.3 is 0 Å². The van der Waals surface area contributed by atoms with Crippen LogP contribution < -0.4 is 0 Å². The number of aromatic nitrogens is 6. The van der Waals surface area contributed by atoms with Crippen molar-refractivity contribution in [2.24, 2.45) is 0 Å². The Kier molecular flexibility index (Phi) is 7.72. The average molecular weight is 655 g/mol. The molecule has 9 rings (SSSR count). The number of hydrogen-bond acceptors (Lipinski definition) is 5. The van der Waals surface area contributed by atoms with Crippen molar-refractivity contribution < 1.29 is 0 Å². The van der Waals surface area contributed by atoms with Crippen LogP contribution >= 0.6 is 0 Å². The highest BCUT2D eigenvalue weighted by Crippen LogP contribution is 2.32. The third kappa shape index (κ3) is 5.96. The number of benzene rings is 6. The van der Waals surface area contributed by atoms with E-state index >= 15 is 0 Å². The van der Waals surface area contributed by atoms with Gasteiger partial charge in [-0.05, 0) is 70.8 Å². The molecule has 0 saturated heterocycles. The lowest BCUT2D eigenvalue weighted by molar-refractivity contribution is 1.07. The number of imidazole rings is 1. The molecule has 0 aliphatic heterocycles. The van der Waals surface area contributed by atoms with Crippen molar-refractivity contribution in [1.82, 2.24) is 29.5 Å². The molecule has 3 heterocycles. The van der Waals surface area contributed by atoms with Crippen LogP contribution in [0.15, 0.2) is 182 Å². The number of hydrogen-bond donors (Lipinski definition) is 0. The molecule has 0 unspecified atom stereocenters. The second kappa shape index (κ2) is 13.1. The van der Waals surface area contributed by atoms with E-state index in [1.807, 2.05) is 97.1 Å². The van der Waals surface area contributed by atoms with Crippen LogP contribution in [0.2, 0.25) is 0 Å². The van der Waals surface area contributed by atoms with Gasteiger partial charge in [0.25, 0.3) is 0 Å². The molecule has 0 saturated carbocycles. The SMILES string of the molecule is c1ccc(-c2nc(-c3ccccc3)nc(-c3cccc(-c4cccc(-c5ccc(-n6c(-c7ccccn7)nc7ccccc76)cc5)c4)c3)n2)cc1. The van der Waals surface area contributed by atoms with Gasteiger partial charge in [0.2, 0.25) is 0 Å². The number of rotatable bonds is 7. The summed E-state index contributed by atoms with van der Waals surface area (Å²) in [6.07, 6.45) is 1.80. The Hall–Kier alpha value is -7.05. The molecule has 6 nitrogen and oxygen atoms in total. The van der Waals surface area contributed by atoms with Gasteiger partial charge in [-0.2, -0.15) is 0 Å². The highest BCUT2D eigenvalue weighted by Gasteiger charge is 2.16. The fourth-order valence-corrected chi connectivity index (χ4v) is 6.41. The van der Waals surface area contributed by atoms with Gasteiger partial charge in [-0.3, -0.25) is 9.55 Å². The highest BCUT2D eigenvalue weighted by atomic mass is 15.1. The molecule has 6 aromatic carbocycles. The molecule has 0 spiro atoms. The quantitative estimate of drug-likeness (QED) is 0.171. The van der Waals surface area contributed by atoms with Crippen molar-refractivity contribution in [1.29, 1.82) is 0 Å². The van der Waals surface area contributed by atoms with Gasteiger partial charge in [0, 0.05) is 28.6 Å². The van der Waals surface area contributed by atoms with Crippen molar-refractivity contribution >= 4 is 11.0 Å². The molecule has 0 atom stereocenters. The van der Waals surface area contributed by atoms with Crippen LogP contribution in [0.4, 0.5) is 0 Å². The van der Waals surface area contributed by atoms with E-state index in [-0.39, 0.29) is 0 Å². The fourth-order valence-electron chi connectivity index (χ4n) is 6.41. The molecule has 240 valence electrons. The van der Waals surface area contributed by atoms with Gasteiger partial charge in [-0.25, -0.2) is 19.9 Å². The lowest BCUT2D eigenvalue weighted by Gasteiger charge is -2.12. The normalized spacial score (nSPS) is 11.1. The topological polar surface area (TPSA) is 69.4 Å². The Morgan fingerprint density at radius 1 is 0.353 bits per heavy atom. The first-order valence-electron chi connectivity index (χ1n) is 16.8. The van der Waals surface area contributed by atoms with E-state index in [0.717, 1.165) is 67.2 Å². The van der Waals surface area contributed by atoms with Gasteiger partial charge in [-0.1, -0.05) is 127 Å². The second-order valence-corrected chi connectivity index (χ2v) is 12.2. The van der Waals surface area contributed by atoms with Gasteiger partial charge in [0.1, 0.15) is 5.69 Å². The molecule has 9 aromatic rings. The fraction of sp³-hybridized carbons (Fsp3) is 0. The zero-order valence-electron chi connectivity index (χ0n) is 27.5. The van der Waals surface area contributed by atoms with Crippen molar-refractivity contribution in [3.63, 3.8) is 0 Å². The molecule has 3 aromatic heterocycles. The first-order chi connectivity index (χ1) is 25.3. The van der Waals surface area contributed by atoms with E-state index in [0.29, 0.717) is 17.5 Å². The monoisotopic (exact) mass is 654 g/mol. The summed E-state index contributed by atoms with van der Waals surface area (Å²) >= 11 is 0. The summed E-state index contributed by atoms with van der Waals surface area (Å²) in [5.41, 5.74) is 11.1. The summed E-state index contributed by atoms with van der Waals surface area (Å²) in [4.78, 5) is 24.3. The largest absolute Gasteiger partial charge is 0.291 e. The first-order valence-corrected chi connectivity index (χ1v) is 16.8. The van der Waals surface area contributed by atoms with Crippen LogP contribution in [0.3, 0.4) is 0 Å². The Morgan fingerprint density at radius 2 is 0.863 bits per heavy atom. The maximum absolute atomic E-state index is 4.94. The van der Waals surface area contributed by atoms with Gasteiger partial charge < -0.3 is 0 Å². The van der Waals surface area contributed by atoms with Crippen LogP contribution in [0.25, 0.3) is 84.7 Å². The standard InChI is InChI=1S/C45H30N6/c1-3-13-32(14-4-1)42-48-43(33-15-5-2-6-16-33)50-44(49-42)37-20-12-19-36(30-37)35-18-11-17-34(29-35)31-24-26-38(27-25-31)51-41-23-8-7-21-39(41)47-45(51)40-22-9-10-28-46-40/h1-30H. The highest BCUT2D eigenvalue weighted by molar-refractivity contribution is 5.83. The molecule has 0 fully saturated rings. The summed E-state index contributed by atoms with van der Waals surface area (Å²) in [6, 6.07) is 59.9. The van der Waals surface area contributed by atoms with Crippen LogP contribution in [0, 0.1) is 0 Å². The van der Waals surface area contributed by atoms with Crippen molar-refractivity contribution in [2.75, 3.05) is 0 Å². The predicted molar refractivity (Wildman–Crippen MR) is 205 cm³/mol. The minimum Gasteiger partial charge on any atom is -0.291 e. The molecule has 0 aliphatic rings. The lowest BCUT2D eigenvalue weighted by Crippen LogP contribution is -2.00. The third-order valence-electron chi connectivity index (χ3n) is 8.93. The minimum atomic E-state index is 0.633. The van der Waals surface area contributed by atoms with E-state index in [1.54, 1.807) is 6.20 Å². The molecule has 0 N–H and O–H groups in total. The zero-order valence-corrected chi connectivity index (χ0v) is 27.5. The average Bonchev–Trinajstić information content (AvgIpc) is 3.62. The van der Waals surface area contributed by atoms with E-state index in [1.165, 1.54) is 0 Å². The molecule has 6 heteroatoms. The molecule has 0 radical (unpaired) electrons. The number of pyridine rings is 1.